The number of nitrogens with one attached hydrogen (secondary N) is 3. The van der Waals surface area contributed by atoms with Gasteiger partial charge >= 0.3 is 6.18 Å². The van der Waals surface area contributed by atoms with Crippen LogP contribution < -0.4 is 10.6 Å². The van der Waals surface area contributed by atoms with E-state index in [0.717, 1.165) is 18.9 Å². The van der Waals surface area contributed by atoms with Crippen LogP contribution in [0.4, 0.5) is 24.5 Å². The Morgan fingerprint density at radius 2 is 1.59 bits per heavy atom. The highest BCUT2D eigenvalue weighted by Crippen LogP contribution is 2.37. The van der Waals surface area contributed by atoms with Crippen LogP contribution >= 0.6 is 23.2 Å². The van der Waals surface area contributed by atoms with Crippen molar-refractivity contribution in [3.8, 4) is 0 Å². The average Bonchev–Trinajstić information content (AvgIpc) is 3.47. The summed E-state index contributed by atoms with van der Waals surface area (Å²) in [6.07, 6.45) is 0.280. The highest BCUT2D eigenvalue weighted by atomic mass is 35.5. The van der Waals surface area contributed by atoms with E-state index in [1.165, 1.54) is 12.4 Å². The van der Waals surface area contributed by atoms with Crippen molar-refractivity contribution in [2.24, 2.45) is 5.92 Å². The van der Waals surface area contributed by atoms with Crippen LogP contribution in [-0.2, 0) is 0 Å². The number of benzene rings is 1. The van der Waals surface area contributed by atoms with E-state index in [2.05, 4.69) is 15.6 Å². The van der Waals surface area contributed by atoms with Crippen LogP contribution in [0, 0.1) is 11.3 Å². The first-order chi connectivity index (χ1) is 13.6. The van der Waals surface area contributed by atoms with Crippen LogP contribution in [0.25, 0.3) is 0 Å². The van der Waals surface area contributed by atoms with Crippen LogP contribution in [-0.4, -0.2) is 22.8 Å². The van der Waals surface area contributed by atoms with Crippen molar-refractivity contribution in [3.63, 3.8) is 0 Å². The van der Waals surface area contributed by atoms with Gasteiger partial charge in [-0.1, -0.05) is 23.2 Å². The molecular formula is C19H15Cl2F3N4O. The molecule has 0 aliphatic heterocycles. The maximum absolute atomic E-state index is 12.6. The van der Waals surface area contributed by atoms with Crippen molar-refractivity contribution in [3.05, 3.63) is 64.0 Å². The third kappa shape index (κ3) is 5.48. The number of aromatic nitrogens is 1. The van der Waals surface area contributed by atoms with Crippen molar-refractivity contribution in [1.29, 1.82) is 5.41 Å². The van der Waals surface area contributed by atoms with E-state index < -0.39 is 17.8 Å². The molecule has 2 aromatic rings. The Bertz CT molecular complexity index is 950. The molecule has 1 saturated carbocycles. The lowest BCUT2D eigenvalue weighted by Crippen LogP contribution is -2.21. The quantitative estimate of drug-likeness (QED) is 0.485. The van der Waals surface area contributed by atoms with Gasteiger partial charge in [-0.15, -0.1) is 0 Å². The number of hydrogen-bond acceptors (Lipinski definition) is 4. The van der Waals surface area contributed by atoms with E-state index in [1.54, 1.807) is 24.3 Å². The predicted molar refractivity (Wildman–Crippen MR) is 107 cm³/mol. The molecule has 3 rings (SSSR count). The van der Waals surface area contributed by atoms with Gasteiger partial charge in [0.2, 0.25) is 0 Å². The van der Waals surface area contributed by atoms with Crippen molar-refractivity contribution >= 4 is 46.2 Å². The molecule has 1 aliphatic rings. The molecular weight excluding hydrogens is 428 g/mol. The molecule has 0 radical (unpaired) electrons. The minimum atomic E-state index is -4.69. The number of allylic oxidation sites excluding steroid dienone is 2. The average molecular weight is 443 g/mol. The first kappa shape index (κ1) is 21.1. The molecule has 0 saturated heterocycles. The number of rotatable bonds is 6. The summed E-state index contributed by atoms with van der Waals surface area (Å²) in [7, 11) is 0. The lowest BCUT2D eigenvalue weighted by Gasteiger charge is -2.13. The van der Waals surface area contributed by atoms with Crippen molar-refractivity contribution in [2.75, 3.05) is 10.6 Å². The summed E-state index contributed by atoms with van der Waals surface area (Å²) in [5.41, 5.74) is 0.0251. The number of pyridine rings is 1. The molecule has 1 aliphatic carbocycles. The smallest absolute Gasteiger partial charge is 0.359 e. The summed E-state index contributed by atoms with van der Waals surface area (Å²) in [4.78, 5) is 16.2. The Morgan fingerprint density at radius 3 is 2.07 bits per heavy atom. The first-order valence-corrected chi connectivity index (χ1v) is 9.25. The topological polar surface area (TPSA) is 77.9 Å². The standard InChI is InChI=1S/C19H15Cl2F3N4O/c20-13-8-26-9-14(21)17(13)18(29)28-12-5-3-11(4-6-12)27-15(10-1-2-10)7-16(25)19(22,23)24/h3-10,25,27H,1-2H2,(H,28,29)/b15-7-,25-16?. The van der Waals surface area contributed by atoms with Crippen molar-refractivity contribution in [1.82, 2.24) is 4.98 Å². The van der Waals surface area contributed by atoms with Gasteiger partial charge in [0.25, 0.3) is 5.91 Å². The van der Waals surface area contributed by atoms with Gasteiger partial charge in [-0.25, -0.2) is 0 Å². The Morgan fingerprint density at radius 1 is 1.07 bits per heavy atom. The maximum Gasteiger partial charge on any atom is 0.432 e. The highest BCUT2D eigenvalue weighted by molar-refractivity contribution is 6.40. The minimum Gasteiger partial charge on any atom is -0.359 e. The largest absolute Gasteiger partial charge is 0.432 e. The number of anilines is 2. The van der Waals surface area contributed by atoms with Crippen LogP contribution in [0.5, 0.6) is 0 Å². The van der Waals surface area contributed by atoms with E-state index in [4.69, 9.17) is 28.6 Å². The van der Waals surface area contributed by atoms with Gasteiger partial charge in [0.1, 0.15) is 5.71 Å². The van der Waals surface area contributed by atoms with Gasteiger partial charge < -0.3 is 10.6 Å². The molecule has 29 heavy (non-hydrogen) atoms. The number of amides is 1. The second kappa shape index (κ2) is 8.42. The van der Waals surface area contributed by atoms with Gasteiger partial charge in [-0.2, -0.15) is 13.2 Å². The first-order valence-electron chi connectivity index (χ1n) is 8.50. The molecule has 10 heteroatoms. The fourth-order valence-electron chi connectivity index (χ4n) is 2.51. The van der Waals surface area contributed by atoms with Crippen molar-refractivity contribution < 1.29 is 18.0 Å². The number of carbonyl (C=O) groups is 1. The lowest BCUT2D eigenvalue weighted by atomic mass is 10.2. The molecule has 1 aromatic heterocycles. The zero-order valence-corrected chi connectivity index (χ0v) is 16.3. The van der Waals surface area contributed by atoms with Crippen LogP contribution in [0.15, 0.2) is 48.4 Å². The summed E-state index contributed by atoms with van der Waals surface area (Å²) in [6.45, 7) is 0. The minimum absolute atomic E-state index is 0.0203. The molecule has 0 atom stereocenters. The Labute approximate surface area is 174 Å². The molecule has 1 amide bonds. The fraction of sp³-hybridized carbons (Fsp3) is 0.211. The second-order valence-electron chi connectivity index (χ2n) is 6.42. The van der Waals surface area contributed by atoms with Crippen molar-refractivity contribution in [2.45, 2.75) is 19.0 Å². The SMILES string of the molecule is N=C(/C=C(\Nc1ccc(NC(=O)c2c(Cl)cncc2Cl)cc1)C1CC1)C(F)(F)F. The molecule has 0 unspecified atom stereocenters. The van der Waals surface area contributed by atoms with Crippen LogP contribution in [0.2, 0.25) is 10.0 Å². The zero-order valence-electron chi connectivity index (χ0n) is 14.8. The van der Waals surface area contributed by atoms with Gasteiger partial charge in [-0.05, 0) is 49.1 Å². The molecule has 5 nitrogen and oxygen atoms in total. The van der Waals surface area contributed by atoms with Gasteiger partial charge in [0, 0.05) is 29.5 Å². The Hall–Kier alpha value is -2.58. The molecule has 0 bridgehead atoms. The molecule has 1 aromatic carbocycles. The number of nitrogens with zero attached hydrogens (tertiary/aromatic N) is 1. The summed E-state index contributed by atoms with van der Waals surface area (Å²) in [5.74, 6) is -0.534. The third-order valence-electron chi connectivity index (χ3n) is 4.13. The van der Waals surface area contributed by atoms with E-state index in [1.807, 2.05) is 0 Å². The molecule has 3 N–H and O–H groups in total. The Balaban J connectivity index is 1.70. The van der Waals surface area contributed by atoms with Gasteiger partial charge in [0.15, 0.2) is 0 Å². The summed E-state index contributed by atoms with van der Waals surface area (Å²) < 4.78 is 37.9. The second-order valence-corrected chi connectivity index (χ2v) is 7.23. The number of alkyl halides is 3. The van der Waals surface area contributed by atoms with E-state index in [-0.39, 0.29) is 21.5 Å². The number of halogens is 5. The van der Waals surface area contributed by atoms with Crippen LogP contribution in [0.1, 0.15) is 23.2 Å². The van der Waals surface area contributed by atoms with E-state index >= 15 is 0 Å². The highest BCUT2D eigenvalue weighted by Gasteiger charge is 2.35. The van der Waals surface area contributed by atoms with Gasteiger partial charge in [-0.3, -0.25) is 15.2 Å². The lowest BCUT2D eigenvalue weighted by molar-refractivity contribution is -0.0584. The fourth-order valence-corrected chi connectivity index (χ4v) is 3.05. The predicted octanol–water partition coefficient (Wildman–Crippen LogP) is 5.93. The monoisotopic (exact) mass is 442 g/mol. The van der Waals surface area contributed by atoms with E-state index in [0.29, 0.717) is 17.1 Å². The molecule has 1 heterocycles. The third-order valence-corrected chi connectivity index (χ3v) is 4.71. The van der Waals surface area contributed by atoms with E-state index in [9.17, 15) is 18.0 Å². The Kier molecular flexibility index (Phi) is 6.14. The zero-order chi connectivity index (χ0) is 21.2. The molecule has 1 fully saturated rings. The number of carbonyl (C=O) groups excluding carboxylic acids is 1. The summed E-state index contributed by atoms with van der Waals surface area (Å²) in [5, 5.41) is 13.0. The summed E-state index contributed by atoms with van der Waals surface area (Å²) >= 11 is 11.9. The van der Waals surface area contributed by atoms with Gasteiger partial charge in [0.05, 0.1) is 15.6 Å². The normalized spacial score (nSPS) is 14.4. The molecule has 152 valence electrons. The van der Waals surface area contributed by atoms with Crippen LogP contribution in [0.3, 0.4) is 0 Å². The summed E-state index contributed by atoms with van der Waals surface area (Å²) in [6, 6.07) is 6.39. The maximum atomic E-state index is 12.6. The number of hydrogen-bond donors (Lipinski definition) is 3. The molecule has 0 spiro atoms.